The lowest BCUT2D eigenvalue weighted by atomic mass is 10.0. The summed E-state index contributed by atoms with van der Waals surface area (Å²) in [5, 5.41) is 20.4. The van der Waals surface area contributed by atoms with Crippen LogP contribution in [0.2, 0.25) is 0 Å². The van der Waals surface area contributed by atoms with Crippen molar-refractivity contribution < 1.29 is 5.11 Å². The molecular formula is C27H30N4OS. The third-order valence-electron chi connectivity index (χ3n) is 6.72. The molecule has 3 aromatic rings. The van der Waals surface area contributed by atoms with E-state index < -0.39 is 0 Å². The molecule has 1 fully saturated rings. The first-order chi connectivity index (χ1) is 16.0. The van der Waals surface area contributed by atoms with Gasteiger partial charge in [0.1, 0.15) is 16.6 Å². The van der Waals surface area contributed by atoms with Gasteiger partial charge in [0.15, 0.2) is 0 Å². The van der Waals surface area contributed by atoms with Gasteiger partial charge in [0, 0.05) is 36.1 Å². The predicted molar refractivity (Wildman–Crippen MR) is 136 cm³/mol. The second-order valence-electron chi connectivity index (χ2n) is 9.08. The van der Waals surface area contributed by atoms with Crippen LogP contribution in [-0.2, 0) is 6.54 Å². The summed E-state index contributed by atoms with van der Waals surface area (Å²) in [5.41, 5.74) is 5.18. The van der Waals surface area contributed by atoms with E-state index in [0.717, 1.165) is 53.6 Å². The Hall–Kier alpha value is -2.96. The topological polar surface area (TPSA) is 63.5 Å². The molecule has 5 nitrogen and oxygen atoms in total. The summed E-state index contributed by atoms with van der Waals surface area (Å²) in [5.74, 6) is 0.689. The van der Waals surface area contributed by atoms with Crippen LogP contribution in [0.4, 0.5) is 0 Å². The van der Waals surface area contributed by atoms with Crippen LogP contribution in [0.3, 0.4) is 0 Å². The van der Waals surface area contributed by atoms with Crippen LogP contribution in [-0.4, -0.2) is 51.4 Å². The standard InChI is InChI=1S/C27H30N4OS/c1-18-8-10-21(11-9-18)25-19(2)33-27(29-25)24-23(32)17-31(26(24)28)22-12-14-30(15-13-22)16-20-6-4-3-5-7-20/h3-11,22,28,32H,12-17H2,1-2H3. The van der Waals surface area contributed by atoms with E-state index in [2.05, 4.69) is 78.2 Å². The second kappa shape index (κ2) is 9.12. The third kappa shape index (κ3) is 4.45. The minimum absolute atomic E-state index is 0.274. The molecule has 0 atom stereocenters. The van der Waals surface area contributed by atoms with Crippen molar-refractivity contribution in [2.24, 2.45) is 0 Å². The molecule has 0 aliphatic carbocycles. The summed E-state index contributed by atoms with van der Waals surface area (Å²) in [4.78, 5) is 10.5. The lowest BCUT2D eigenvalue weighted by molar-refractivity contribution is 0.149. The molecule has 170 valence electrons. The van der Waals surface area contributed by atoms with Crippen LogP contribution >= 0.6 is 11.3 Å². The monoisotopic (exact) mass is 458 g/mol. The Morgan fingerprint density at radius 1 is 1.03 bits per heavy atom. The Bertz CT molecular complexity index is 1170. The van der Waals surface area contributed by atoms with Crippen molar-refractivity contribution in [3.63, 3.8) is 0 Å². The highest BCUT2D eigenvalue weighted by atomic mass is 32.1. The van der Waals surface area contributed by atoms with Gasteiger partial charge in [-0.25, -0.2) is 4.98 Å². The van der Waals surface area contributed by atoms with Gasteiger partial charge in [-0.3, -0.25) is 10.3 Å². The summed E-state index contributed by atoms with van der Waals surface area (Å²) in [6, 6.07) is 19.2. The number of nitrogens with zero attached hydrogens (tertiary/aromatic N) is 3. The van der Waals surface area contributed by atoms with Gasteiger partial charge in [-0.1, -0.05) is 60.2 Å². The number of hydrogen-bond donors (Lipinski definition) is 2. The number of likely N-dealkylation sites (tertiary alicyclic amines) is 1. The van der Waals surface area contributed by atoms with Crippen molar-refractivity contribution in [3.8, 4) is 11.3 Å². The molecule has 1 saturated heterocycles. The molecule has 6 heteroatoms. The molecule has 5 rings (SSSR count). The molecule has 2 aliphatic heterocycles. The molecule has 0 radical (unpaired) electrons. The van der Waals surface area contributed by atoms with Gasteiger partial charge in [-0.05, 0) is 32.3 Å². The highest BCUT2D eigenvalue weighted by molar-refractivity contribution is 7.13. The molecule has 0 amide bonds. The van der Waals surface area contributed by atoms with Crippen LogP contribution in [0.1, 0.15) is 33.9 Å². The first-order valence-corrected chi connectivity index (χ1v) is 12.4. The summed E-state index contributed by atoms with van der Waals surface area (Å²) in [6.07, 6.45) is 2.00. The lowest BCUT2D eigenvalue weighted by Crippen LogP contribution is -2.45. The zero-order chi connectivity index (χ0) is 22.9. The zero-order valence-corrected chi connectivity index (χ0v) is 20.0. The number of thiazole rings is 1. The van der Waals surface area contributed by atoms with E-state index in [4.69, 9.17) is 10.4 Å². The molecule has 3 heterocycles. The normalized spacial score (nSPS) is 17.9. The Morgan fingerprint density at radius 2 is 1.73 bits per heavy atom. The highest BCUT2D eigenvalue weighted by Crippen LogP contribution is 2.37. The van der Waals surface area contributed by atoms with E-state index in [-0.39, 0.29) is 11.8 Å². The number of aryl methyl sites for hydroxylation is 2. The van der Waals surface area contributed by atoms with Crippen molar-refractivity contribution in [2.75, 3.05) is 19.6 Å². The molecule has 33 heavy (non-hydrogen) atoms. The van der Waals surface area contributed by atoms with Crippen molar-refractivity contribution in [2.45, 2.75) is 39.3 Å². The smallest absolute Gasteiger partial charge is 0.135 e. The number of nitrogens with one attached hydrogen (secondary N) is 1. The predicted octanol–water partition coefficient (Wildman–Crippen LogP) is 5.65. The maximum atomic E-state index is 10.8. The zero-order valence-electron chi connectivity index (χ0n) is 19.2. The molecular weight excluding hydrogens is 428 g/mol. The molecule has 2 aliphatic rings. The second-order valence-corrected chi connectivity index (χ2v) is 10.3. The Morgan fingerprint density at radius 3 is 2.42 bits per heavy atom. The largest absolute Gasteiger partial charge is 0.510 e. The fraction of sp³-hybridized carbons (Fsp3) is 0.333. The average Bonchev–Trinajstić information content (AvgIpc) is 3.34. The van der Waals surface area contributed by atoms with Gasteiger partial charge >= 0.3 is 0 Å². The van der Waals surface area contributed by atoms with Crippen LogP contribution in [0, 0.1) is 19.3 Å². The Labute approximate surface area is 199 Å². The van der Waals surface area contributed by atoms with Crippen LogP contribution in [0.5, 0.6) is 0 Å². The number of hydrogen-bond acceptors (Lipinski definition) is 5. The first kappa shape index (κ1) is 21.9. The van der Waals surface area contributed by atoms with Crippen molar-refractivity contribution in [1.29, 1.82) is 5.41 Å². The first-order valence-electron chi connectivity index (χ1n) is 11.6. The lowest BCUT2D eigenvalue weighted by Gasteiger charge is -2.37. The van der Waals surface area contributed by atoms with Gasteiger partial charge in [-0.2, -0.15) is 0 Å². The van der Waals surface area contributed by atoms with Crippen molar-refractivity contribution in [3.05, 3.63) is 81.4 Å². The number of benzene rings is 2. The van der Waals surface area contributed by atoms with Crippen LogP contribution < -0.4 is 0 Å². The molecule has 0 saturated carbocycles. The van der Waals surface area contributed by atoms with Crippen molar-refractivity contribution >= 4 is 22.7 Å². The van der Waals surface area contributed by atoms with Crippen LogP contribution in [0.25, 0.3) is 16.8 Å². The molecule has 0 spiro atoms. The number of aromatic nitrogens is 1. The fourth-order valence-electron chi connectivity index (χ4n) is 4.85. The van der Waals surface area contributed by atoms with Gasteiger partial charge in [0.2, 0.25) is 0 Å². The summed E-state index contributed by atoms with van der Waals surface area (Å²) in [7, 11) is 0. The van der Waals surface area contributed by atoms with E-state index >= 15 is 0 Å². The Kier molecular flexibility index (Phi) is 6.04. The summed E-state index contributed by atoms with van der Waals surface area (Å²) >= 11 is 1.56. The number of aliphatic hydroxyl groups excluding tert-OH is 1. The quantitative estimate of drug-likeness (QED) is 0.518. The van der Waals surface area contributed by atoms with Crippen LogP contribution in [0.15, 0.2) is 60.4 Å². The SMILES string of the molecule is Cc1ccc(-c2nc(C3=C(O)CN(C4CCN(Cc5ccccc5)CC4)C3=N)sc2C)cc1. The van der Waals surface area contributed by atoms with E-state index in [0.29, 0.717) is 18.0 Å². The molecule has 2 aromatic carbocycles. The maximum Gasteiger partial charge on any atom is 0.135 e. The van der Waals surface area contributed by atoms with E-state index in [1.807, 2.05) is 0 Å². The fourth-order valence-corrected chi connectivity index (χ4v) is 5.85. The number of piperidine rings is 1. The maximum absolute atomic E-state index is 10.8. The van der Waals surface area contributed by atoms with Gasteiger partial charge in [-0.15, -0.1) is 11.3 Å². The minimum Gasteiger partial charge on any atom is -0.510 e. The van der Waals surface area contributed by atoms with E-state index in [1.54, 1.807) is 11.3 Å². The number of aliphatic hydroxyl groups is 1. The molecule has 0 bridgehead atoms. The third-order valence-corrected chi connectivity index (χ3v) is 7.70. The van der Waals surface area contributed by atoms with E-state index in [1.165, 1.54) is 11.1 Å². The average molecular weight is 459 g/mol. The summed E-state index contributed by atoms with van der Waals surface area (Å²) in [6.45, 7) is 7.54. The molecule has 2 N–H and O–H groups in total. The minimum atomic E-state index is 0.274. The molecule has 0 unspecified atom stereocenters. The van der Waals surface area contributed by atoms with Gasteiger partial charge in [0.05, 0.1) is 17.8 Å². The van der Waals surface area contributed by atoms with Gasteiger partial charge in [0.25, 0.3) is 0 Å². The van der Waals surface area contributed by atoms with Crippen molar-refractivity contribution in [1.82, 2.24) is 14.8 Å². The number of rotatable bonds is 5. The van der Waals surface area contributed by atoms with Gasteiger partial charge < -0.3 is 10.0 Å². The highest BCUT2D eigenvalue weighted by Gasteiger charge is 2.36. The molecule has 1 aromatic heterocycles. The summed E-state index contributed by atoms with van der Waals surface area (Å²) < 4.78 is 0. The van der Waals surface area contributed by atoms with E-state index in [9.17, 15) is 5.11 Å². The Balaban J connectivity index is 1.27. The number of amidine groups is 1.